The number of carbonyl (C=O) groups is 1. The van der Waals surface area contributed by atoms with Crippen LogP contribution < -0.4 is 10.6 Å². The van der Waals surface area contributed by atoms with Gasteiger partial charge >= 0.3 is 6.03 Å². The Kier molecular flexibility index (Phi) is 3.19. The number of nitrogens with one attached hydrogen (secondary N) is 2. The van der Waals surface area contributed by atoms with Gasteiger partial charge in [-0.2, -0.15) is 0 Å². The molecule has 1 aliphatic carbocycles. The van der Waals surface area contributed by atoms with Crippen LogP contribution in [-0.4, -0.2) is 12.1 Å². The average molecular weight is 252 g/mol. The summed E-state index contributed by atoms with van der Waals surface area (Å²) in [6.07, 6.45) is 2.18. The monoisotopic (exact) mass is 252 g/mol. The van der Waals surface area contributed by atoms with E-state index in [1.807, 2.05) is 54.6 Å². The first-order valence-electron chi connectivity index (χ1n) is 6.55. The molecule has 2 amide bonds. The first kappa shape index (κ1) is 11.8. The van der Waals surface area contributed by atoms with E-state index in [1.165, 1.54) is 0 Å². The van der Waals surface area contributed by atoms with Gasteiger partial charge in [0.15, 0.2) is 0 Å². The molecule has 1 aliphatic rings. The lowest BCUT2D eigenvalue weighted by molar-refractivity contribution is 0.251. The van der Waals surface area contributed by atoms with Crippen molar-refractivity contribution in [2.45, 2.75) is 18.9 Å². The molecule has 0 unspecified atom stereocenters. The molecule has 19 heavy (non-hydrogen) atoms. The molecule has 0 atom stereocenters. The summed E-state index contributed by atoms with van der Waals surface area (Å²) in [5.74, 6) is 0. The van der Waals surface area contributed by atoms with Crippen LogP contribution in [0.1, 0.15) is 12.8 Å². The minimum atomic E-state index is -0.120. The summed E-state index contributed by atoms with van der Waals surface area (Å²) in [7, 11) is 0. The highest BCUT2D eigenvalue weighted by atomic mass is 16.2. The molecule has 0 aromatic heterocycles. The molecule has 1 saturated carbocycles. The summed E-state index contributed by atoms with van der Waals surface area (Å²) in [6, 6.07) is 18.2. The summed E-state index contributed by atoms with van der Waals surface area (Å²) in [6.45, 7) is 0. The van der Waals surface area contributed by atoms with E-state index in [0.29, 0.717) is 6.04 Å². The van der Waals surface area contributed by atoms with Crippen LogP contribution in [0.2, 0.25) is 0 Å². The van der Waals surface area contributed by atoms with Crippen LogP contribution in [0.25, 0.3) is 11.1 Å². The number of urea groups is 1. The number of amides is 2. The lowest BCUT2D eigenvalue weighted by Crippen LogP contribution is -2.30. The van der Waals surface area contributed by atoms with Crippen molar-refractivity contribution in [2.24, 2.45) is 0 Å². The Morgan fingerprint density at radius 3 is 2.37 bits per heavy atom. The molecule has 0 saturated heterocycles. The van der Waals surface area contributed by atoms with Crippen LogP contribution in [0.3, 0.4) is 0 Å². The van der Waals surface area contributed by atoms with Crippen molar-refractivity contribution in [3.05, 3.63) is 54.6 Å². The van der Waals surface area contributed by atoms with Gasteiger partial charge < -0.3 is 10.6 Å². The lowest BCUT2D eigenvalue weighted by Gasteiger charge is -2.11. The van der Waals surface area contributed by atoms with E-state index in [9.17, 15) is 4.79 Å². The van der Waals surface area contributed by atoms with Crippen LogP contribution >= 0.6 is 0 Å². The zero-order chi connectivity index (χ0) is 13.1. The smallest absolute Gasteiger partial charge is 0.319 e. The topological polar surface area (TPSA) is 41.1 Å². The zero-order valence-corrected chi connectivity index (χ0v) is 10.6. The molecule has 3 rings (SSSR count). The van der Waals surface area contributed by atoms with Gasteiger partial charge in [0.1, 0.15) is 0 Å². The summed E-state index contributed by atoms with van der Waals surface area (Å²) in [5.41, 5.74) is 2.98. The minimum Gasteiger partial charge on any atom is -0.335 e. The van der Waals surface area contributed by atoms with Gasteiger partial charge in [0, 0.05) is 11.6 Å². The van der Waals surface area contributed by atoms with Crippen molar-refractivity contribution in [3.8, 4) is 11.1 Å². The Hall–Kier alpha value is -2.29. The Bertz CT molecular complexity index is 576. The van der Waals surface area contributed by atoms with Crippen molar-refractivity contribution < 1.29 is 4.79 Å². The lowest BCUT2D eigenvalue weighted by atomic mass is 10.0. The molecule has 0 radical (unpaired) electrons. The summed E-state index contributed by atoms with van der Waals surface area (Å²) in [5, 5.41) is 5.86. The van der Waals surface area contributed by atoms with Gasteiger partial charge in [0.2, 0.25) is 0 Å². The first-order chi connectivity index (χ1) is 9.33. The molecule has 2 N–H and O–H groups in total. The molecule has 0 heterocycles. The number of hydrogen-bond donors (Lipinski definition) is 2. The number of para-hydroxylation sites is 1. The molecule has 0 aliphatic heterocycles. The molecule has 3 heteroatoms. The third-order valence-corrected chi connectivity index (χ3v) is 3.17. The molecular formula is C16H16N2O. The van der Waals surface area contributed by atoms with Crippen LogP contribution in [0.4, 0.5) is 10.5 Å². The SMILES string of the molecule is O=C(Nc1ccccc1-c1ccccc1)NC1CC1. The van der Waals surface area contributed by atoms with Gasteiger partial charge in [-0.25, -0.2) is 4.79 Å². The van der Waals surface area contributed by atoms with Gasteiger partial charge in [-0.05, 0) is 24.5 Å². The fourth-order valence-electron chi connectivity index (χ4n) is 2.03. The molecule has 0 bridgehead atoms. The van der Waals surface area contributed by atoms with Gasteiger partial charge in [0.05, 0.1) is 5.69 Å². The first-order valence-corrected chi connectivity index (χ1v) is 6.55. The van der Waals surface area contributed by atoms with Crippen molar-refractivity contribution >= 4 is 11.7 Å². The van der Waals surface area contributed by atoms with Gasteiger partial charge in [-0.3, -0.25) is 0 Å². The molecule has 2 aromatic rings. The maximum absolute atomic E-state index is 11.8. The largest absolute Gasteiger partial charge is 0.335 e. The Morgan fingerprint density at radius 1 is 0.947 bits per heavy atom. The maximum Gasteiger partial charge on any atom is 0.319 e. The number of carbonyl (C=O) groups excluding carboxylic acids is 1. The molecule has 96 valence electrons. The predicted octanol–water partition coefficient (Wildman–Crippen LogP) is 3.64. The van der Waals surface area contributed by atoms with E-state index in [0.717, 1.165) is 29.7 Å². The number of benzene rings is 2. The third-order valence-electron chi connectivity index (χ3n) is 3.17. The van der Waals surface area contributed by atoms with E-state index in [2.05, 4.69) is 10.6 Å². The molecule has 2 aromatic carbocycles. The highest BCUT2D eigenvalue weighted by Gasteiger charge is 2.23. The highest BCUT2D eigenvalue weighted by Crippen LogP contribution is 2.27. The van der Waals surface area contributed by atoms with E-state index in [4.69, 9.17) is 0 Å². The van der Waals surface area contributed by atoms with Gasteiger partial charge in [-0.1, -0.05) is 48.5 Å². The Morgan fingerprint density at radius 2 is 1.63 bits per heavy atom. The summed E-state index contributed by atoms with van der Waals surface area (Å²) < 4.78 is 0. The van der Waals surface area contributed by atoms with E-state index >= 15 is 0 Å². The van der Waals surface area contributed by atoms with Crippen molar-refractivity contribution in [2.75, 3.05) is 5.32 Å². The van der Waals surface area contributed by atoms with Crippen LogP contribution in [-0.2, 0) is 0 Å². The molecular weight excluding hydrogens is 236 g/mol. The molecule has 1 fully saturated rings. The van der Waals surface area contributed by atoms with Crippen molar-refractivity contribution in [3.63, 3.8) is 0 Å². The second-order valence-corrected chi connectivity index (χ2v) is 4.78. The van der Waals surface area contributed by atoms with Crippen LogP contribution in [0.15, 0.2) is 54.6 Å². The highest BCUT2D eigenvalue weighted by molar-refractivity contribution is 5.94. The average Bonchev–Trinajstić information content (AvgIpc) is 3.24. The summed E-state index contributed by atoms with van der Waals surface area (Å²) >= 11 is 0. The Balaban J connectivity index is 1.82. The van der Waals surface area contributed by atoms with Crippen LogP contribution in [0, 0.1) is 0 Å². The fraction of sp³-hybridized carbons (Fsp3) is 0.188. The van der Waals surface area contributed by atoms with E-state index in [-0.39, 0.29) is 6.03 Å². The normalized spacial score (nSPS) is 13.9. The quantitative estimate of drug-likeness (QED) is 0.860. The maximum atomic E-state index is 11.8. The number of hydrogen-bond acceptors (Lipinski definition) is 1. The number of rotatable bonds is 3. The van der Waals surface area contributed by atoms with E-state index in [1.54, 1.807) is 0 Å². The third kappa shape index (κ3) is 2.94. The van der Waals surface area contributed by atoms with Crippen LogP contribution in [0.5, 0.6) is 0 Å². The predicted molar refractivity (Wildman–Crippen MR) is 77.1 cm³/mol. The van der Waals surface area contributed by atoms with Crippen molar-refractivity contribution in [1.29, 1.82) is 0 Å². The van der Waals surface area contributed by atoms with E-state index < -0.39 is 0 Å². The standard InChI is InChI=1S/C16H16N2O/c19-16(17-13-10-11-13)18-15-9-5-4-8-14(15)12-6-2-1-3-7-12/h1-9,13H,10-11H2,(H2,17,18,19). The number of anilines is 1. The van der Waals surface area contributed by atoms with Gasteiger partial charge in [-0.15, -0.1) is 0 Å². The van der Waals surface area contributed by atoms with Crippen molar-refractivity contribution in [1.82, 2.24) is 5.32 Å². The second-order valence-electron chi connectivity index (χ2n) is 4.78. The zero-order valence-electron chi connectivity index (χ0n) is 10.6. The fourth-order valence-corrected chi connectivity index (χ4v) is 2.03. The second kappa shape index (κ2) is 5.14. The molecule has 0 spiro atoms. The summed E-state index contributed by atoms with van der Waals surface area (Å²) in [4.78, 5) is 11.8. The van der Waals surface area contributed by atoms with Gasteiger partial charge in [0.25, 0.3) is 0 Å². The molecule has 3 nitrogen and oxygen atoms in total. The Labute approximate surface area is 112 Å². The minimum absolute atomic E-state index is 0.120.